The predicted octanol–water partition coefficient (Wildman–Crippen LogP) is 3.69. The molecule has 1 aromatic carbocycles. The number of benzene rings is 1. The van der Waals surface area contributed by atoms with Crippen molar-refractivity contribution in [3.05, 3.63) is 71.8 Å². The second kappa shape index (κ2) is 18.8. The summed E-state index contributed by atoms with van der Waals surface area (Å²) in [6.45, 7) is 13.5. The van der Waals surface area contributed by atoms with Gasteiger partial charge in [-0.05, 0) is 44.4 Å². The maximum absolute atomic E-state index is 12.8. The van der Waals surface area contributed by atoms with E-state index in [1.165, 1.54) is 5.56 Å². The van der Waals surface area contributed by atoms with Gasteiger partial charge in [-0.15, -0.1) is 0 Å². The van der Waals surface area contributed by atoms with E-state index in [1.807, 2.05) is 36.5 Å². The molecule has 0 saturated carbocycles. The van der Waals surface area contributed by atoms with Crippen molar-refractivity contribution >= 4 is 23.2 Å². The van der Waals surface area contributed by atoms with Crippen LogP contribution in [0.3, 0.4) is 0 Å². The van der Waals surface area contributed by atoms with Gasteiger partial charge >= 0.3 is 0 Å². The number of amides is 1. The van der Waals surface area contributed by atoms with Crippen LogP contribution in [0.15, 0.2) is 54.9 Å². The van der Waals surface area contributed by atoms with Gasteiger partial charge in [-0.1, -0.05) is 30.3 Å². The second-order valence-electron chi connectivity index (χ2n) is 12.8. The Morgan fingerprint density at radius 3 is 2.29 bits per heavy atom. The Bertz CT molecular complexity index is 1400. The summed E-state index contributed by atoms with van der Waals surface area (Å²) in [5.74, 6) is 0.545. The molecule has 2 aliphatic heterocycles. The zero-order valence-electron chi connectivity index (χ0n) is 28.8. The lowest BCUT2D eigenvalue weighted by Crippen LogP contribution is -2.48. The Morgan fingerprint density at radius 2 is 1.60 bits per heavy atom. The van der Waals surface area contributed by atoms with E-state index in [4.69, 9.17) is 19.2 Å². The van der Waals surface area contributed by atoms with Crippen molar-refractivity contribution in [3.63, 3.8) is 0 Å². The van der Waals surface area contributed by atoms with E-state index >= 15 is 0 Å². The molecule has 0 bridgehead atoms. The molecule has 12 nitrogen and oxygen atoms in total. The van der Waals surface area contributed by atoms with Gasteiger partial charge in [-0.3, -0.25) is 19.6 Å². The minimum absolute atomic E-state index is 0.00702. The first-order valence-electron chi connectivity index (χ1n) is 17.2. The first kappa shape index (κ1) is 35.6. The fraction of sp³-hybridized carbons (Fsp3) is 0.556. The van der Waals surface area contributed by atoms with E-state index in [-0.39, 0.29) is 18.6 Å². The van der Waals surface area contributed by atoms with Gasteiger partial charge in [0.05, 0.1) is 49.2 Å². The largest absolute Gasteiger partial charge is 0.381 e. The zero-order valence-corrected chi connectivity index (χ0v) is 28.8. The van der Waals surface area contributed by atoms with Gasteiger partial charge in [0.15, 0.2) is 0 Å². The Hall–Kier alpha value is -3.68. The topological polar surface area (TPSA) is 117 Å². The summed E-state index contributed by atoms with van der Waals surface area (Å²) in [5.41, 5.74) is 4.42. The number of hydrogen-bond acceptors (Lipinski definition) is 11. The Labute approximate surface area is 285 Å². The van der Waals surface area contributed by atoms with Crippen molar-refractivity contribution in [1.82, 2.24) is 24.8 Å². The zero-order chi connectivity index (χ0) is 33.6. The fourth-order valence-electron chi connectivity index (χ4n) is 5.98. The molecule has 0 aliphatic carbocycles. The maximum Gasteiger partial charge on any atom is 0.250 e. The smallest absolute Gasteiger partial charge is 0.250 e. The van der Waals surface area contributed by atoms with Crippen LogP contribution in [0, 0.1) is 0 Å². The molecule has 2 aliphatic rings. The summed E-state index contributed by atoms with van der Waals surface area (Å²) >= 11 is 0. The monoisotopic (exact) mass is 660 g/mol. The number of methoxy groups -OCH3 is 1. The molecule has 48 heavy (non-hydrogen) atoms. The van der Waals surface area contributed by atoms with Gasteiger partial charge in [-0.2, -0.15) is 0 Å². The van der Waals surface area contributed by atoms with Crippen molar-refractivity contribution in [2.75, 3.05) is 94.8 Å². The number of rotatable bonds is 17. The average molecular weight is 661 g/mol. The van der Waals surface area contributed by atoms with Crippen LogP contribution in [0.5, 0.6) is 0 Å². The lowest BCUT2D eigenvalue weighted by atomic mass is 10.1. The number of nitrogens with one attached hydrogen (secondary N) is 2. The second-order valence-corrected chi connectivity index (χ2v) is 12.8. The maximum atomic E-state index is 12.8. The molecule has 0 spiro atoms. The molecule has 0 unspecified atom stereocenters. The molecule has 0 radical (unpaired) electrons. The average Bonchev–Trinajstić information content (AvgIpc) is 3.11. The molecule has 2 N–H and O–H groups in total. The van der Waals surface area contributed by atoms with Gasteiger partial charge in [0, 0.05) is 83.8 Å². The van der Waals surface area contributed by atoms with E-state index in [0.29, 0.717) is 31.4 Å². The first-order chi connectivity index (χ1) is 23.4. The molecule has 12 heteroatoms. The van der Waals surface area contributed by atoms with Gasteiger partial charge in [0.25, 0.3) is 0 Å². The normalized spacial score (nSPS) is 16.4. The molecular weight excluding hydrogens is 608 g/mol. The lowest BCUT2D eigenvalue weighted by molar-refractivity contribution is -0.120. The predicted molar refractivity (Wildman–Crippen MR) is 189 cm³/mol. The highest BCUT2D eigenvalue weighted by Crippen LogP contribution is 2.24. The molecule has 3 aromatic rings. The van der Waals surface area contributed by atoms with E-state index in [9.17, 15) is 4.79 Å². The SMILES string of the molecule is COC1CCN(c2nccc(Cc3cc(NC(C)C)c(NC(=O)COCCN4CCN(CCOCc5ccccc5)CC4)cn3)n2)CC1. The first-order valence-corrected chi connectivity index (χ1v) is 17.2. The van der Waals surface area contributed by atoms with Gasteiger partial charge in [-0.25, -0.2) is 9.97 Å². The van der Waals surface area contributed by atoms with Crippen molar-refractivity contribution in [3.8, 4) is 0 Å². The summed E-state index contributed by atoms with van der Waals surface area (Å²) < 4.78 is 17.1. The van der Waals surface area contributed by atoms with E-state index in [0.717, 1.165) is 94.8 Å². The fourth-order valence-corrected chi connectivity index (χ4v) is 5.98. The van der Waals surface area contributed by atoms with Gasteiger partial charge < -0.3 is 29.7 Å². The van der Waals surface area contributed by atoms with E-state index < -0.39 is 0 Å². The number of ether oxygens (including phenoxy) is 3. The van der Waals surface area contributed by atoms with Crippen LogP contribution >= 0.6 is 0 Å². The minimum Gasteiger partial charge on any atom is -0.381 e. The van der Waals surface area contributed by atoms with Crippen LogP contribution in [0.2, 0.25) is 0 Å². The highest BCUT2D eigenvalue weighted by Gasteiger charge is 2.21. The van der Waals surface area contributed by atoms with Crippen LogP contribution in [0.1, 0.15) is 43.6 Å². The number of nitrogens with zero attached hydrogens (tertiary/aromatic N) is 6. The van der Waals surface area contributed by atoms with Crippen molar-refractivity contribution < 1.29 is 19.0 Å². The molecule has 2 fully saturated rings. The summed E-state index contributed by atoms with van der Waals surface area (Å²) in [5, 5.41) is 6.43. The number of pyridine rings is 1. The molecule has 0 atom stereocenters. The molecule has 1 amide bonds. The molecule has 260 valence electrons. The summed E-state index contributed by atoms with van der Waals surface area (Å²) in [7, 11) is 1.77. The van der Waals surface area contributed by atoms with Crippen molar-refractivity contribution in [2.24, 2.45) is 0 Å². The Kier molecular flexibility index (Phi) is 13.9. The summed E-state index contributed by atoms with van der Waals surface area (Å²) in [6.07, 6.45) is 6.33. The van der Waals surface area contributed by atoms with Crippen LogP contribution in [0.25, 0.3) is 0 Å². The van der Waals surface area contributed by atoms with Crippen LogP contribution < -0.4 is 15.5 Å². The minimum atomic E-state index is -0.200. The quantitative estimate of drug-likeness (QED) is 0.207. The molecular formula is C36H52N8O4. The lowest BCUT2D eigenvalue weighted by Gasteiger charge is -2.34. The number of hydrogen-bond donors (Lipinski definition) is 2. The standard InChI is InChI=1S/C36H52N8O4/c1-28(2)39-33-24-31(23-30-9-12-37-36(40-30)44-13-10-32(46-3)11-14-44)38-25-34(33)41-35(45)27-48-22-20-43-17-15-42(16-18-43)19-21-47-26-29-7-5-4-6-8-29/h4-9,12,24-25,28,32H,10-11,13-23,26-27H2,1-3H3,(H,38,39)(H,41,45). The molecule has 2 aromatic heterocycles. The third kappa shape index (κ3) is 11.5. The number of carbonyl (C=O) groups is 1. The van der Waals surface area contributed by atoms with Gasteiger partial charge in [0.1, 0.15) is 6.61 Å². The summed E-state index contributed by atoms with van der Waals surface area (Å²) in [6, 6.07) is 14.4. The van der Waals surface area contributed by atoms with E-state index in [2.05, 4.69) is 61.3 Å². The molecule has 2 saturated heterocycles. The molecule has 4 heterocycles. The number of piperidine rings is 1. The number of piperazine rings is 1. The number of aromatic nitrogens is 3. The molecule has 5 rings (SSSR count). The highest BCUT2D eigenvalue weighted by molar-refractivity contribution is 5.94. The van der Waals surface area contributed by atoms with Crippen molar-refractivity contribution in [2.45, 2.75) is 51.9 Å². The third-order valence-electron chi connectivity index (χ3n) is 8.71. The van der Waals surface area contributed by atoms with E-state index in [1.54, 1.807) is 13.3 Å². The highest BCUT2D eigenvalue weighted by atomic mass is 16.5. The number of anilines is 3. The van der Waals surface area contributed by atoms with Gasteiger partial charge in [0.2, 0.25) is 11.9 Å². The third-order valence-corrected chi connectivity index (χ3v) is 8.71. The Balaban J connectivity index is 1.02. The van der Waals surface area contributed by atoms with Crippen molar-refractivity contribution in [1.29, 1.82) is 0 Å². The Morgan fingerprint density at radius 1 is 0.896 bits per heavy atom. The number of carbonyl (C=O) groups excluding carboxylic acids is 1. The van der Waals surface area contributed by atoms with Crippen LogP contribution in [0.4, 0.5) is 17.3 Å². The van der Waals surface area contributed by atoms with Crippen LogP contribution in [-0.4, -0.2) is 122 Å². The van der Waals surface area contributed by atoms with Crippen LogP contribution in [-0.2, 0) is 32.0 Å². The summed E-state index contributed by atoms with van der Waals surface area (Å²) in [4.78, 5) is 33.8.